The lowest BCUT2D eigenvalue weighted by Gasteiger charge is -2.22. The predicted molar refractivity (Wildman–Crippen MR) is 82.3 cm³/mol. The Labute approximate surface area is 126 Å². The summed E-state index contributed by atoms with van der Waals surface area (Å²) in [6, 6.07) is 2.22. The number of nitrogens with zero attached hydrogens (tertiary/aromatic N) is 2. The van der Waals surface area contributed by atoms with Crippen molar-refractivity contribution in [3.8, 4) is 0 Å². The van der Waals surface area contributed by atoms with E-state index in [0.29, 0.717) is 11.7 Å². The van der Waals surface area contributed by atoms with Gasteiger partial charge in [0, 0.05) is 19.3 Å². The molecule has 1 atom stereocenters. The average Bonchev–Trinajstić information content (AvgIpc) is 3.20. The molecule has 0 spiro atoms. The predicted octanol–water partition coefficient (Wildman–Crippen LogP) is 2.12. The van der Waals surface area contributed by atoms with Crippen molar-refractivity contribution in [2.24, 2.45) is 5.92 Å². The fourth-order valence-electron chi connectivity index (χ4n) is 3.50. The van der Waals surface area contributed by atoms with E-state index < -0.39 is 0 Å². The van der Waals surface area contributed by atoms with Crippen LogP contribution in [0.3, 0.4) is 0 Å². The molecule has 1 aliphatic heterocycles. The number of nitrogens with one attached hydrogen (secondary N) is 2. The zero-order chi connectivity index (χ0) is 14.5. The quantitative estimate of drug-likeness (QED) is 0.873. The Bertz CT molecular complexity index is 459. The number of carbonyl (C=O) groups excluding carboxylic acids is 1. The number of aromatic nitrogens is 2. The highest BCUT2D eigenvalue weighted by Crippen LogP contribution is 2.26. The third-order valence-electron chi connectivity index (χ3n) is 4.80. The Balaban J connectivity index is 1.46. The first-order valence-corrected chi connectivity index (χ1v) is 8.37. The smallest absolute Gasteiger partial charge is 0.271 e. The van der Waals surface area contributed by atoms with Crippen LogP contribution in [0.25, 0.3) is 0 Å². The van der Waals surface area contributed by atoms with E-state index >= 15 is 0 Å². The van der Waals surface area contributed by atoms with Gasteiger partial charge in [-0.05, 0) is 37.8 Å². The van der Waals surface area contributed by atoms with E-state index in [1.54, 1.807) is 0 Å². The molecule has 0 bridgehead atoms. The second-order valence-corrected chi connectivity index (χ2v) is 6.38. The summed E-state index contributed by atoms with van der Waals surface area (Å²) in [6.45, 7) is 2.82. The molecule has 1 aromatic rings. The fourth-order valence-corrected chi connectivity index (χ4v) is 3.50. The molecule has 2 N–H and O–H groups in total. The molecule has 1 aliphatic carbocycles. The van der Waals surface area contributed by atoms with E-state index in [1.807, 2.05) is 16.9 Å². The summed E-state index contributed by atoms with van der Waals surface area (Å²) in [5.74, 6) is 0.784. The van der Waals surface area contributed by atoms with Gasteiger partial charge in [-0.2, -0.15) is 5.10 Å². The molecule has 3 rings (SSSR count). The van der Waals surface area contributed by atoms with E-state index in [-0.39, 0.29) is 5.91 Å². The number of rotatable bonds is 5. The van der Waals surface area contributed by atoms with Crippen LogP contribution in [-0.4, -0.2) is 35.3 Å². The molecule has 0 aromatic carbocycles. The summed E-state index contributed by atoms with van der Waals surface area (Å²) in [5.41, 5.74) is 0.548. The Hall–Kier alpha value is -1.36. The Morgan fingerprint density at radius 1 is 1.33 bits per heavy atom. The summed E-state index contributed by atoms with van der Waals surface area (Å²) in [4.78, 5) is 12.1. The van der Waals surface area contributed by atoms with E-state index in [9.17, 15) is 4.79 Å². The monoisotopic (exact) mass is 290 g/mol. The summed E-state index contributed by atoms with van der Waals surface area (Å²) in [5, 5.41) is 10.8. The summed E-state index contributed by atoms with van der Waals surface area (Å²) < 4.78 is 1.94. The topological polar surface area (TPSA) is 59.0 Å². The van der Waals surface area contributed by atoms with Crippen LogP contribution >= 0.6 is 0 Å². The summed E-state index contributed by atoms with van der Waals surface area (Å²) in [7, 11) is 0. The second-order valence-electron chi connectivity index (χ2n) is 6.38. The van der Waals surface area contributed by atoms with Crippen LogP contribution in [0.2, 0.25) is 0 Å². The van der Waals surface area contributed by atoms with Gasteiger partial charge in [0.25, 0.3) is 5.91 Å². The first kappa shape index (κ1) is 14.6. The maximum absolute atomic E-state index is 12.1. The van der Waals surface area contributed by atoms with Crippen LogP contribution in [0.15, 0.2) is 12.3 Å². The standard InChI is InChI=1S/C16H26N4O/c21-16(18-10-7-13-4-1-2-5-13)15-8-11-20(19-15)14-6-3-9-17-12-14/h8,11,13-14,17H,1-7,9-10,12H2,(H,18,21). The maximum atomic E-state index is 12.1. The number of piperidine rings is 1. The van der Waals surface area contributed by atoms with Crippen LogP contribution in [0.5, 0.6) is 0 Å². The highest BCUT2D eigenvalue weighted by atomic mass is 16.1. The summed E-state index contributed by atoms with van der Waals surface area (Å²) in [6.07, 6.45) is 10.7. The van der Waals surface area contributed by atoms with Gasteiger partial charge in [-0.25, -0.2) is 0 Å². The van der Waals surface area contributed by atoms with Crippen molar-refractivity contribution in [2.75, 3.05) is 19.6 Å². The maximum Gasteiger partial charge on any atom is 0.271 e. The summed E-state index contributed by atoms with van der Waals surface area (Å²) >= 11 is 0. The molecule has 2 aliphatic rings. The minimum absolute atomic E-state index is 0.0319. The lowest BCUT2D eigenvalue weighted by Crippen LogP contribution is -2.32. The van der Waals surface area contributed by atoms with E-state index in [4.69, 9.17) is 0 Å². The van der Waals surface area contributed by atoms with Gasteiger partial charge in [-0.1, -0.05) is 25.7 Å². The SMILES string of the molecule is O=C(NCCC1CCCC1)c1ccn(C2CCCNC2)n1. The third-order valence-corrected chi connectivity index (χ3v) is 4.80. The van der Waals surface area contributed by atoms with Crippen molar-refractivity contribution in [2.45, 2.75) is 51.0 Å². The molecular formula is C16H26N4O. The normalized spacial score (nSPS) is 23.3. The van der Waals surface area contributed by atoms with Gasteiger partial charge in [0.2, 0.25) is 0 Å². The highest BCUT2D eigenvalue weighted by molar-refractivity contribution is 5.92. The Morgan fingerprint density at radius 2 is 2.19 bits per heavy atom. The van der Waals surface area contributed by atoms with Gasteiger partial charge in [-0.15, -0.1) is 0 Å². The lowest BCUT2D eigenvalue weighted by atomic mass is 10.0. The van der Waals surface area contributed by atoms with Gasteiger partial charge < -0.3 is 10.6 Å². The zero-order valence-corrected chi connectivity index (χ0v) is 12.7. The number of amides is 1. The van der Waals surface area contributed by atoms with Gasteiger partial charge in [0.05, 0.1) is 6.04 Å². The molecule has 5 heteroatoms. The Kier molecular flexibility index (Phi) is 4.91. The molecule has 1 amide bonds. The highest BCUT2D eigenvalue weighted by Gasteiger charge is 2.18. The van der Waals surface area contributed by atoms with Gasteiger partial charge in [0.15, 0.2) is 0 Å². The van der Waals surface area contributed by atoms with Crippen LogP contribution in [0.1, 0.15) is 61.5 Å². The molecule has 0 radical (unpaired) electrons. The molecule has 1 saturated carbocycles. The molecule has 116 valence electrons. The van der Waals surface area contributed by atoms with Crippen molar-refractivity contribution >= 4 is 5.91 Å². The second kappa shape index (κ2) is 7.07. The van der Waals surface area contributed by atoms with Crippen molar-refractivity contribution < 1.29 is 4.79 Å². The molecule has 2 fully saturated rings. The van der Waals surface area contributed by atoms with E-state index in [0.717, 1.165) is 38.4 Å². The van der Waals surface area contributed by atoms with Crippen LogP contribution in [-0.2, 0) is 0 Å². The minimum Gasteiger partial charge on any atom is -0.351 e. The van der Waals surface area contributed by atoms with Gasteiger partial charge in [-0.3, -0.25) is 9.48 Å². The first-order valence-electron chi connectivity index (χ1n) is 8.37. The molecule has 2 heterocycles. The molecule has 21 heavy (non-hydrogen) atoms. The molecule has 1 aromatic heterocycles. The third kappa shape index (κ3) is 3.84. The van der Waals surface area contributed by atoms with Crippen molar-refractivity contribution in [3.05, 3.63) is 18.0 Å². The fraction of sp³-hybridized carbons (Fsp3) is 0.750. The zero-order valence-electron chi connectivity index (χ0n) is 12.7. The largest absolute Gasteiger partial charge is 0.351 e. The molecule has 5 nitrogen and oxygen atoms in total. The number of hydrogen-bond donors (Lipinski definition) is 2. The van der Waals surface area contributed by atoms with E-state index in [2.05, 4.69) is 15.7 Å². The van der Waals surface area contributed by atoms with Crippen LogP contribution in [0.4, 0.5) is 0 Å². The lowest BCUT2D eigenvalue weighted by molar-refractivity contribution is 0.0945. The van der Waals surface area contributed by atoms with Gasteiger partial charge in [0.1, 0.15) is 5.69 Å². The first-order chi connectivity index (χ1) is 10.3. The molecule has 1 unspecified atom stereocenters. The van der Waals surface area contributed by atoms with Crippen molar-refractivity contribution in [1.29, 1.82) is 0 Å². The number of carbonyl (C=O) groups is 1. The Morgan fingerprint density at radius 3 is 2.95 bits per heavy atom. The van der Waals surface area contributed by atoms with Crippen molar-refractivity contribution in [1.82, 2.24) is 20.4 Å². The van der Waals surface area contributed by atoms with E-state index in [1.165, 1.54) is 32.1 Å². The van der Waals surface area contributed by atoms with Crippen LogP contribution < -0.4 is 10.6 Å². The van der Waals surface area contributed by atoms with Crippen molar-refractivity contribution in [3.63, 3.8) is 0 Å². The minimum atomic E-state index is -0.0319. The number of hydrogen-bond acceptors (Lipinski definition) is 3. The van der Waals surface area contributed by atoms with Crippen LogP contribution in [0, 0.1) is 5.92 Å². The molecule has 1 saturated heterocycles. The van der Waals surface area contributed by atoms with Gasteiger partial charge >= 0.3 is 0 Å². The molecular weight excluding hydrogens is 264 g/mol. The average molecular weight is 290 g/mol.